The van der Waals surface area contributed by atoms with Gasteiger partial charge in [0.1, 0.15) is 5.94 Å². The van der Waals surface area contributed by atoms with Gasteiger partial charge in [-0.2, -0.15) is 0 Å². The van der Waals surface area contributed by atoms with E-state index in [1.807, 2.05) is 0 Å². The van der Waals surface area contributed by atoms with Crippen LogP contribution >= 0.6 is 0 Å². The van der Waals surface area contributed by atoms with Crippen molar-refractivity contribution in [2.45, 2.75) is 0 Å². The van der Waals surface area contributed by atoms with Gasteiger partial charge in [-0.05, 0) is 0 Å². The zero-order valence-corrected chi connectivity index (χ0v) is 7.41. The first-order valence-corrected chi connectivity index (χ1v) is 2.23. The average molecular weight is 180 g/mol. The van der Waals surface area contributed by atoms with Gasteiger partial charge in [0.05, 0.1) is 0 Å². The van der Waals surface area contributed by atoms with E-state index >= 15 is 0 Å². The SMILES string of the molecule is O.O=S(O)CO.[Zn]. The largest absolute Gasteiger partial charge is 0.412 e. The van der Waals surface area contributed by atoms with Crippen molar-refractivity contribution < 1.29 is 38.8 Å². The monoisotopic (exact) mass is 178 g/mol. The first kappa shape index (κ1) is 15.6. The van der Waals surface area contributed by atoms with E-state index in [2.05, 4.69) is 0 Å². The molecule has 0 aromatic carbocycles. The molecule has 0 aliphatic rings. The topological polar surface area (TPSA) is 89.0 Å². The van der Waals surface area contributed by atoms with Crippen LogP contribution in [0.3, 0.4) is 0 Å². The van der Waals surface area contributed by atoms with Crippen molar-refractivity contribution in [1.29, 1.82) is 0 Å². The summed E-state index contributed by atoms with van der Waals surface area (Å²) in [7, 11) is 0. The van der Waals surface area contributed by atoms with E-state index in [-0.39, 0.29) is 25.0 Å². The molecule has 1 unspecified atom stereocenters. The van der Waals surface area contributed by atoms with Crippen molar-refractivity contribution in [3.05, 3.63) is 0 Å². The van der Waals surface area contributed by atoms with Crippen LogP contribution in [-0.4, -0.2) is 25.3 Å². The van der Waals surface area contributed by atoms with Crippen LogP contribution in [0.15, 0.2) is 0 Å². The van der Waals surface area contributed by atoms with Crippen LogP contribution in [0.5, 0.6) is 0 Å². The molecular weight excluding hydrogens is 173 g/mol. The molecule has 6 heteroatoms. The molecule has 7 heavy (non-hydrogen) atoms. The van der Waals surface area contributed by atoms with Gasteiger partial charge in [0, 0.05) is 19.5 Å². The Balaban J connectivity index is -0.0000000800. The van der Waals surface area contributed by atoms with E-state index in [4.69, 9.17) is 9.66 Å². The molecule has 0 spiro atoms. The molecule has 0 bridgehead atoms. The fraction of sp³-hybridized carbons (Fsp3) is 1.00. The van der Waals surface area contributed by atoms with Crippen LogP contribution in [0.1, 0.15) is 0 Å². The number of hydrogen-bond donors (Lipinski definition) is 2. The molecule has 42 valence electrons. The van der Waals surface area contributed by atoms with Crippen molar-refractivity contribution in [1.82, 2.24) is 0 Å². The van der Waals surface area contributed by atoms with Gasteiger partial charge in [0.15, 0.2) is 11.1 Å². The van der Waals surface area contributed by atoms with E-state index in [9.17, 15) is 4.21 Å². The minimum atomic E-state index is -2.02. The first-order valence-electron chi connectivity index (χ1n) is 0.954. The zero-order valence-electron chi connectivity index (χ0n) is 3.63. The van der Waals surface area contributed by atoms with E-state index < -0.39 is 17.0 Å². The van der Waals surface area contributed by atoms with Crippen LogP contribution in [0, 0.1) is 0 Å². The maximum absolute atomic E-state index is 9.23. The van der Waals surface area contributed by atoms with Crippen LogP contribution in [0.4, 0.5) is 0 Å². The van der Waals surface area contributed by atoms with Gasteiger partial charge in [0.2, 0.25) is 0 Å². The summed E-state index contributed by atoms with van der Waals surface area (Å²) >= 11 is -2.02. The van der Waals surface area contributed by atoms with Crippen LogP contribution < -0.4 is 0 Å². The van der Waals surface area contributed by atoms with Gasteiger partial charge in [-0.25, -0.2) is 4.21 Å². The molecule has 1 atom stereocenters. The molecule has 0 saturated carbocycles. The van der Waals surface area contributed by atoms with Gasteiger partial charge < -0.3 is 15.1 Å². The summed E-state index contributed by atoms with van der Waals surface area (Å²) in [5.41, 5.74) is 0. The standard InChI is InChI=1S/CH4O3S.H2O.Zn/c2-1-5(3)4;;/h2H,1H2,(H,3,4);1H2;. The van der Waals surface area contributed by atoms with Crippen LogP contribution in [-0.2, 0) is 30.6 Å². The van der Waals surface area contributed by atoms with Gasteiger partial charge in [0.25, 0.3) is 0 Å². The van der Waals surface area contributed by atoms with Crippen LogP contribution in [0.2, 0.25) is 0 Å². The second kappa shape index (κ2) is 9.82. The van der Waals surface area contributed by atoms with Crippen molar-refractivity contribution in [2.24, 2.45) is 0 Å². The summed E-state index contributed by atoms with van der Waals surface area (Å²) in [6, 6.07) is 0. The van der Waals surface area contributed by atoms with Gasteiger partial charge in [-0.1, -0.05) is 0 Å². The summed E-state index contributed by atoms with van der Waals surface area (Å²) in [5.74, 6) is -0.667. The van der Waals surface area contributed by atoms with Crippen molar-refractivity contribution >= 4 is 11.1 Å². The number of hydrogen-bond acceptors (Lipinski definition) is 2. The van der Waals surface area contributed by atoms with Crippen molar-refractivity contribution in [3.63, 3.8) is 0 Å². The molecule has 4 N–H and O–H groups in total. The Kier molecular flexibility index (Phi) is 21.9. The van der Waals surface area contributed by atoms with Crippen LogP contribution in [0.25, 0.3) is 0 Å². The molecule has 0 aromatic rings. The number of aliphatic hydroxyl groups is 1. The number of aliphatic hydroxyl groups excluding tert-OH is 1. The molecule has 0 heterocycles. The Morgan fingerprint density at radius 3 is 1.71 bits per heavy atom. The molecular formula is CH6O4SZn. The van der Waals surface area contributed by atoms with Crippen molar-refractivity contribution in [3.8, 4) is 0 Å². The molecule has 0 aliphatic carbocycles. The van der Waals surface area contributed by atoms with Gasteiger partial charge in [-0.15, -0.1) is 0 Å². The number of rotatable bonds is 1. The normalized spacial score (nSPS) is 10.6. The van der Waals surface area contributed by atoms with Gasteiger partial charge in [-0.3, -0.25) is 0 Å². The molecule has 0 amide bonds. The Morgan fingerprint density at radius 1 is 1.57 bits per heavy atom. The summed E-state index contributed by atoms with van der Waals surface area (Å²) in [6.07, 6.45) is 0. The third kappa shape index (κ3) is 20.5. The maximum atomic E-state index is 9.23. The van der Waals surface area contributed by atoms with Crippen molar-refractivity contribution in [2.75, 3.05) is 5.94 Å². The molecule has 0 saturated heterocycles. The predicted molar refractivity (Wildman–Crippen MR) is 21.5 cm³/mol. The summed E-state index contributed by atoms with van der Waals surface area (Å²) in [6.45, 7) is 0. The van der Waals surface area contributed by atoms with E-state index in [1.165, 1.54) is 0 Å². The Hall–Kier alpha value is 0.653. The quantitative estimate of drug-likeness (QED) is 0.373. The summed E-state index contributed by atoms with van der Waals surface area (Å²) in [5, 5.41) is 7.59. The maximum Gasteiger partial charge on any atom is 0.179 e. The second-order valence-electron chi connectivity index (χ2n) is 0.451. The summed E-state index contributed by atoms with van der Waals surface area (Å²) < 4.78 is 16.8. The average Bonchev–Trinajstić information content (AvgIpc) is 1.38. The first-order chi connectivity index (χ1) is 2.27. The molecule has 0 radical (unpaired) electrons. The fourth-order valence-corrected chi connectivity index (χ4v) is 0. The van der Waals surface area contributed by atoms with E-state index in [0.717, 1.165) is 0 Å². The smallest absolute Gasteiger partial charge is 0.179 e. The molecule has 0 aromatic heterocycles. The zero-order chi connectivity index (χ0) is 4.28. The van der Waals surface area contributed by atoms with E-state index in [0.29, 0.717) is 0 Å². The Morgan fingerprint density at radius 2 is 1.71 bits per heavy atom. The Labute approximate surface area is 56.3 Å². The predicted octanol–water partition coefficient (Wildman–Crippen LogP) is -1.67. The molecule has 0 rings (SSSR count). The molecule has 4 nitrogen and oxygen atoms in total. The fourth-order valence-electron chi connectivity index (χ4n) is 0. The third-order valence-corrected chi connectivity index (χ3v) is 0.331. The Bertz CT molecular complexity index is 47.0. The minimum absolute atomic E-state index is 0. The minimum Gasteiger partial charge on any atom is -0.412 e. The molecule has 0 fully saturated rings. The van der Waals surface area contributed by atoms with E-state index in [1.54, 1.807) is 0 Å². The second-order valence-corrected chi connectivity index (χ2v) is 1.35. The third-order valence-electron chi connectivity index (χ3n) is 0.110. The van der Waals surface area contributed by atoms with Gasteiger partial charge >= 0.3 is 0 Å². The summed E-state index contributed by atoms with van der Waals surface area (Å²) in [4.78, 5) is 0. The molecule has 0 aliphatic heterocycles.